The minimum absolute atomic E-state index is 0.169. The van der Waals surface area contributed by atoms with Gasteiger partial charge in [0.05, 0.1) is 29.1 Å². The second-order valence-corrected chi connectivity index (χ2v) is 7.03. The molecular formula is C21H25N3O5. The Bertz CT molecular complexity index is 895. The monoisotopic (exact) mass is 399 g/mol. The van der Waals surface area contributed by atoms with Crippen LogP contribution in [0.3, 0.4) is 0 Å². The van der Waals surface area contributed by atoms with Crippen molar-refractivity contribution >= 4 is 23.3 Å². The topological polar surface area (TPSA) is 102 Å². The zero-order valence-corrected chi connectivity index (χ0v) is 16.9. The number of amides is 1. The summed E-state index contributed by atoms with van der Waals surface area (Å²) in [7, 11) is 3.71. The molecule has 0 radical (unpaired) electrons. The van der Waals surface area contributed by atoms with Crippen LogP contribution in [0.1, 0.15) is 42.2 Å². The van der Waals surface area contributed by atoms with Crippen LogP contribution in [0.4, 0.5) is 11.4 Å². The van der Waals surface area contributed by atoms with Gasteiger partial charge in [-0.15, -0.1) is 0 Å². The predicted molar refractivity (Wildman–Crippen MR) is 110 cm³/mol. The van der Waals surface area contributed by atoms with E-state index < -0.39 is 22.8 Å². The number of anilines is 1. The maximum Gasteiger partial charge on any atom is 0.308 e. The molecule has 1 amide bonds. The molecule has 0 bridgehead atoms. The molecule has 2 aromatic carbocycles. The number of ether oxygens (including phenoxy) is 1. The Morgan fingerprint density at radius 1 is 1.14 bits per heavy atom. The van der Waals surface area contributed by atoms with Crippen molar-refractivity contribution in [2.75, 3.05) is 19.0 Å². The molecule has 2 rings (SSSR count). The summed E-state index contributed by atoms with van der Waals surface area (Å²) in [6, 6.07) is 12.1. The standard InChI is InChI=1S/C21H25N3O5/c1-14(2)29-20(25)13-18(17-10-5-6-11-19(17)24(27)28)22-21(26)15-8-7-9-16(12-15)23(3)4/h5-12,14,18H,13H2,1-4H3,(H,22,26). The average Bonchev–Trinajstić information content (AvgIpc) is 2.66. The summed E-state index contributed by atoms with van der Waals surface area (Å²) in [5.41, 5.74) is 1.30. The van der Waals surface area contributed by atoms with E-state index in [-0.39, 0.29) is 23.8 Å². The van der Waals surface area contributed by atoms with E-state index in [1.54, 1.807) is 38.1 Å². The first-order chi connectivity index (χ1) is 13.7. The van der Waals surface area contributed by atoms with Crippen LogP contribution in [-0.4, -0.2) is 37.0 Å². The van der Waals surface area contributed by atoms with Crippen molar-refractivity contribution < 1.29 is 19.2 Å². The Balaban J connectivity index is 2.35. The quantitative estimate of drug-likeness (QED) is 0.414. The van der Waals surface area contributed by atoms with Crippen molar-refractivity contribution in [3.63, 3.8) is 0 Å². The van der Waals surface area contributed by atoms with Crippen molar-refractivity contribution in [2.24, 2.45) is 0 Å². The second kappa shape index (κ2) is 9.68. The molecule has 2 aromatic rings. The van der Waals surface area contributed by atoms with Gasteiger partial charge in [-0.05, 0) is 32.0 Å². The third-order valence-corrected chi connectivity index (χ3v) is 4.18. The number of nitro benzene ring substituents is 1. The summed E-state index contributed by atoms with van der Waals surface area (Å²) in [6.45, 7) is 3.42. The Hall–Kier alpha value is -3.42. The van der Waals surface area contributed by atoms with Crippen LogP contribution < -0.4 is 10.2 Å². The van der Waals surface area contributed by atoms with Gasteiger partial charge in [0.25, 0.3) is 11.6 Å². The Morgan fingerprint density at radius 3 is 2.45 bits per heavy atom. The van der Waals surface area contributed by atoms with Crippen LogP contribution in [0.15, 0.2) is 48.5 Å². The van der Waals surface area contributed by atoms with Crippen LogP contribution in [0.5, 0.6) is 0 Å². The average molecular weight is 399 g/mol. The van der Waals surface area contributed by atoms with E-state index in [4.69, 9.17) is 4.74 Å². The fraction of sp³-hybridized carbons (Fsp3) is 0.333. The molecule has 8 heteroatoms. The van der Waals surface area contributed by atoms with Gasteiger partial charge in [0.15, 0.2) is 0 Å². The smallest absolute Gasteiger partial charge is 0.308 e. The van der Waals surface area contributed by atoms with Crippen LogP contribution >= 0.6 is 0 Å². The fourth-order valence-electron chi connectivity index (χ4n) is 2.83. The maximum absolute atomic E-state index is 12.8. The van der Waals surface area contributed by atoms with Crippen molar-refractivity contribution in [3.05, 3.63) is 69.8 Å². The molecule has 0 aliphatic carbocycles. The number of nitro groups is 1. The normalized spacial score (nSPS) is 11.6. The van der Waals surface area contributed by atoms with Crippen molar-refractivity contribution in [2.45, 2.75) is 32.4 Å². The van der Waals surface area contributed by atoms with Crippen molar-refractivity contribution in [3.8, 4) is 0 Å². The number of hydrogen-bond acceptors (Lipinski definition) is 6. The SMILES string of the molecule is CC(C)OC(=O)CC(NC(=O)c1cccc(N(C)C)c1)c1ccccc1[N+](=O)[O-]. The van der Waals surface area contributed by atoms with E-state index in [0.29, 0.717) is 5.56 Å². The molecule has 1 unspecified atom stereocenters. The number of carbonyl (C=O) groups is 2. The number of nitrogens with one attached hydrogen (secondary N) is 1. The van der Waals surface area contributed by atoms with Crippen LogP contribution in [0.2, 0.25) is 0 Å². The van der Waals surface area contributed by atoms with Gasteiger partial charge in [-0.1, -0.05) is 24.3 Å². The van der Waals surface area contributed by atoms with Crippen LogP contribution in [0, 0.1) is 10.1 Å². The van der Waals surface area contributed by atoms with Gasteiger partial charge >= 0.3 is 5.97 Å². The number of carbonyl (C=O) groups excluding carboxylic acids is 2. The maximum atomic E-state index is 12.8. The number of hydrogen-bond donors (Lipinski definition) is 1. The fourth-order valence-corrected chi connectivity index (χ4v) is 2.83. The summed E-state index contributed by atoms with van der Waals surface area (Å²) in [4.78, 5) is 37.8. The Morgan fingerprint density at radius 2 is 1.83 bits per heavy atom. The van der Waals surface area contributed by atoms with E-state index in [9.17, 15) is 19.7 Å². The highest BCUT2D eigenvalue weighted by molar-refractivity contribution is 5.95. The largest absolute Gasteiger partial charge is 0.463 e. The second-order valence-electron chi connectivity index (χ2n) is 7.03. The predicted octanol–water partition coefficient (Wildman–Crippen LogP) is 3.47. The highest BCUT2D eigenvalue weighted by Gasteiger charge is 2.27. The molecule has 0 saturated carbocycles. The van der Waals surface area contributed by atoms with Crippen molar-refractivity contribution in [1.29, 1.82) is 0 Å². The Labute approximate surface area is 169 Å². The van der Waals surface area contributed by atoms with Gasteiger partial charge < -0.3 is 15.0 Å². The molecule has 1 atom stereocenters. The van der Waals surface area contributed by atoms with E-state index in [1.165, 1.54) is 18.2 Å². The van der Waals surface area contributed by atoms with Gasteiger partial charge in [-0.3, -0.25) is 19.7 Å². The minimum atomic E-state index is -0.904. The van der Waals surface area contributed by atoms with Gasteiger partial charge in [0.2, 0.25) is 0 Å². The summed E-state index contributed by atoms with van der Waals surface area (Å²) in [6.07, 6.45) is -0.552. The third kappa shape index (κ3) is 6.03. The van der Waals surface area contributed by atoms with E-state index in [0.717, 1.165) is 5.69 Å². The van der Waals surface area contributed by atoms with E-state index >= 15 is 0 Å². The lowest BCUT2D eigenvalue weighted by molar-refractivity contribution is -0.385. The van der Waals surface area contributed by atoms with Gasteiger partial charge in [-0.25, -0.2) is 0 Å². The molecule has 0 spiro atoms. The number of nitrogens with zero attached hydrogens (tertiary/aromatic N) is 2. The molecule has 0 saturated heterocycles. The highest BCUT2D eigenvalue weighted by atomic mass is 16.6. The molecular weight excluding hydrogens is 374 g/mol. The summed E-state index contributed by atoms with van der Waals surface area (Å²) in [5, 5.41) is 14.2. The van der Waals surface area contributed by atoms with Crippen molar-refractivity contribution in [1.82, 2.24) is 5.32 Å². The molecule has 29 heavy (non-hydrogen) atoms. The lowest BCUT2D eigenvalue weighted by Crippen LogP contribution is -2.31. The summed E-state index contributed by atoms with van der Waals surface area (Å²) in [5.74, 6) is -0.986. The first kappa shape index (κ1) is 21.9. The van der Waals surface area contributed by atoms with Gasteiger partial charge in [-0.2, -0.15) is 0 Å². The molecule has 0 heterocycles. The molecule has 0 aromatic heterocycles. The van der Waals surface area contributed by atoms with Gasteiger partial charge in [0, 0.05) is 31.4 Å². The summed E-state index contributed by atoms with van der Waals surface area (Å²) >= 11 is 0. The lowest BCUT2D eigenvalue weighted by atomic mass is 10.0. The molecule has 154 valence electrons. The number of esters is 1. The number of rotatable bonds is 8. The van der Waals surface area contributed by atoms with Gasteiger partial charge in [0.1, 0.15) is 0 Å². The van der Waals surface area contributed by atoms with Crippen LogP contribution in [0.25, 0.3) is 0 Å². The lowest BCUT2D eigenvalue weighted by Gasteiger charge is -2.20. The highest BCUT2D eigenvalue weighted by Crippen LogP contribution is 2.28. The first-order valence-electron chi connectivity index (χ1n) is 9.20. The molecule has 0 fully saturated rings. The molecule has 8 nitrogen and oxygen atoms in total. The van der Waals surface area contributed by atoms with Crippen LogP contribution in [-0.2, 0) is 9.53 Å². The number of benzene rings is 2. The molecule has 0 aliphatic heterocycles. The first-order valence-corrected chi connectivity index (χ1v) is 9.20. The molecule has 1 N–H and O–H groups in total. The Kier molecular flexibility index (Phi) is 7.30. The molecule has 0 aliphatic rings. The zero-order valence-electron chi connectivity index (χ0n) is 16.9. The van der Waals surface area contributed by atoms with E-state index in [2.05, 4.69) is 5.32 Å². The number of para-hydroxylation sites is 1. The summed E-state index contributed by atoms with van der Waals surface area (Å²) < 4.78 is 5.17. The minimum Gasteiger partial charge on any atom is -0.463 e. The zero-order chi connectivity index (χ0) is 21.6. The van der Waals surface area contributed by atoms with E-state index in [1.807, 2.05) is 25.1 Å². The third-order valence-electron chi connectivity index (χ3n) is 4.18.